The second kappa shape index (κ2) is 9.48. The molecule has 0 spiro atoms. The van der Waals surface area contributed by atoms with Crippen molar-refractivity contribution in [3.63, 3.8) is 0 Å². The number of benzene rings is 1. The first-order valence-corrected chi connectivity index (χ1v) is 10.8. The van der Waals surface area contributed by atoms with Gasteiger partial charge < -0.3 is 15.1 Å². The number of nitrogens with zero attached hydrogens (tertiary/aromatic N) is 5. The van der Waals surface area contributed by atoms with Crippen LogP contribution in [0.2, 0.25) is 5.02 Å². The van der Waals surface area contributed by atoms with Gasteiger partial charge in [0.2, 0.25) is 0 Å². The van der Waals surface area contributed by atoms with Gasteiger partial charge in [-0.25, -0.2) is 14.2 Å². The van der Waals surface area contributed by atoms with Gasteiger partial charge >= 0.3 is 6.03 Å². The Morgan fingerprint density at radius 3 is 2.50 bits per heavy atom. The highest BCUT2D eigenvalue weighted by Gasteiger charge is 2.24. The highest BCUT2D eigenvalue weighted by Crippen LogP contribution is 2.34. The van der Waals surface area contributed by atoms with E-state index in [4.69, 9.17) is 16.6 Å². The largest absolute Gasteiger partial charge is 0.355 e. The number of carbonyl (C=O) groups excluding carboxylic acids is 1. The number of nitrogens with one attached hydrogen (secondary N) is 1. The van der Waals surface area contributed by atoms with Crippen molar-refractivity contribution in [2.24, 2.45) is 0 Å². The molecule has 0 aliphatic carbocycles. The van der Waals surface area contributed by atoms with Gasteiger partial charge in [-0.05, 0) is 43.2 Å². The van der Waals surface area contributed by atoms with E-state index in [0.29, 0.717) is 22.0 Å². The van der Waals surface area contributed by atoms with E-state index in [0.717, 1.165) is 37.3 Å². The van der Waals surface area contributed by atoms with Crippen LogP contribution in [0.15, 0.2) is 48.9 Å². The first kappa shape index (κ1) is 22.0. The Morgan fingerprint density at radius 1 is 1.12 bits per heavy atom. The number of pyridine rings is 1. The Hall–Kier alpha value is -3.26. The molecule has 1 aliphatic rings. The Morgan fingerprint density at radius 2 is 1.84 bits per heavy atom. The van der Waals surface area contributed by atoms with Gasteiger partial charge in [-0.3, -0.25) is 9.97 Å². The van der Waals surface area contributed by atoms with Crippen LogP contribution in [0, 0.1) is 5.82 Å². The zero-order chi connectivity index (χ0) is 22.7. The summed E-state index contributed by atoms with van der Waals surface area (Å²) in [5.74, 6) is 0.419. The lowest BCUT2D eigenvalue weighted by Crippen LogP contribution is -2.47. The highest BCUT2D eigenvalue weighted by molar-refractivity contribution is 6.33. The molecule has 3 aromatic rings. The Kier molecular flexibility index (Phi) is 6.50. The molecule has 32 heavy (non-hydrogen) atoms. The average molecular weight is 455 g/mol. The lowest BCUT2D eigenvalue weighted by molar-refractivity contribution is 0.210. The van der Waals surface area contributed by atoms with Crippen molar-refractivity contribution >= 4 is 23.4 Å². The van der Waals surface area contributed by atoms with Gasteiger partial charge in [-0.15, -0.1) is 0 Å². The van der Waals surface area contributed by atoms with Crippen molar-refractivity contribution in [1.82, 2.24) is 25.2 Å². The van der Waals surface area contributed by atoms with Crippen LogP contribution in [0.3, 0.4) is 0 Å². The van der Waals surface area contributed by atoms with Crippen LogP contribution in [0.1, 0.15) is 12.8 Å². The van der Waals surface area contributed by atoms with Gasteiger partial charge in [0.05, 0.1) is 16.9 Å². The average Bonchev–Trinajstić information content (AvgIpc) is 2.80. The molecule has 1 aliphatic heterocycles. The van der Waals surface area contributed by atoms with E-state index in [9.17, 15) is 9.18 Å². The van der Waals surface area contributed by atoms with E-state index in [1.54, 1.807) is 50.9 Å². The summed E-state index contributed by atoms with van der Waals surface area (Å²) in [7, 11) is 3.46. The lowest BCUT2D eigenvalue weighted by Gasteiger charge is -2.33. The van der Waals surface area contributed by atoms with E-state index in [1.807, 2.05) is 0 Å². The van der Waals surface area contributed by atoms with E-state index in [-0.39, 0.29) is 17.9 Å². The summed E-state index contributed by atoms with van der Waals surface area (Å²) < 4.78 is 13.5. The Bertz CT molecular complexity index is 1100. The third-order valence-electron chi connectivity index (χ3n) is 5.46. The molecule has 2 aromatic heterocycles. The molecule has 0 unspecified atom stereocenters. The van der Waals surface area contributed by atoms with Gasteiger partial charge in [0.1, 0.15) is 17.3 Å². The van der Waals surface area contributed by atoms with Crippen LogP contribution in [0.25, 0.3) is 22.5 Å². The minimum absolute atomic E-state index is 0.0819. The summed E-state index contributed by atoms with van der Waals surface area (Å²) in [6.45, 7) is 1.49. The first-order chi connectivity index (χ1) is 15.4. The maximum Gasteiger partial charge on any atom is 0.317 e. The summed E-state index contributed by atoms with van der Waals surface area (Å²) in [6.07, 6.45) is 6.58. The smallest absolute Gasteiger partial charge is 0.317 e. The number of amides is 2. The molecule has 0 radical (unpaired) electrons. The molecule has 4 rings (SSSR count). The lowest BCUT2D eigenvalue weighted by atomic mass is 10.0. The molecule has 1 fully saturated rings. The number of halogens is 2. The second-order valence-corrected chi connectivity index (χ2v) is 8.30. The molecule has 0 bridgehead atoms. The molecule has 7 nitrogen and oxygen atoms in total. The number of hydrogen-bond acceptors (Lipinski definition) is 5. The van der Waals surface area contributed by atoms with Crippen LogP contribution >= 0.6 is 11.6 Å². The SMILES string of the molecule is CN(C)C(=O)NC1CCN(c2cnc(-c3ccc(F)cc3)c(-c3ccncc3Cl)n2)CC1. The number of urea groups is 1. The monoisotopic (exact) mass is 454 g/mol. The van der Waals surface area contributed by atoms with Crippen molar-refractivity contribution in [3.05, 3.63) is 59.8 Å². The predicted molar refractivity (Wildman–Crippen MR) is 123 cm³/mol. The van der Waals surface area contributed by atoms with E-state index >= 15 is 0 Å². The van der Waals surface area contributed by atoms with Crippen LogP contribution in [0.4, 0.5) is 15.0 Å². The zero-order valence-electron chi connectivity index (χ0n) is 17.9. The van der Waals surface area contributed by atoms with Crippen LogP contribution in [0.5, 0.6) is 0 Å². The topological polar surface area (TPSA) is 74.2 Å². The van der Waals surface area contributed by atoms with Gasteiger partial charge in [0, 0.05) is 56.7 Å². The summed E-state index contributed by atoms with van der Waals surface area (Å²) in [5, 5.41) is 3.50. The molecule has 2 amide bonds. The highest BCUT2D eigenvalue weighted by atomic mass is 35.5. The van der Waals surface area contributed by atoms with Crippen LogP contribution in [-0.2, 0) is 0 Å². The second-order valence-electron chi connectivity index (χ2n) is 7.89. The van der Waals surface area contributed by atoms with Gasteiger partial charge in [0.15, 0.2) is 0 Å². The molecule has 166 valence electrons. The molecule has 1 aromatic carbocycles. The summed E-state index contributed by atoms with van der Waals surface area (Å²) in [4.78, 5) is 29.3. The van der Waals surface area contributed by atoms with Crippen molar-refractivity contribution < 1.29 is 9.18 Å². The normalized spacial score (nSPS) is 14.3. The Balaban J connectivity index is 1.63. The van der Waals surface area contributed by atoms with Crippen molar-refractivity contribution in [2.45, 2.75) is 18.9 Å². The van der Waals surface area contributed by atoms with Crippen LogP contribution < -0.4 is 10.2 Å². The number of aromatic nitrogens is 3. The van der Waals surface area contributed by atoms with Crippen LogP contribution in [-0.4, -0.2) is 59.1 Å². The summed E-state index contributed by atoms with van der Waals surface area (Å²) in [5.41, 5.74) is 2.70. The molecule has 0 saturated carbocycles. The van der Waals surface area contributed by atoms with E-state index in [1.165, 1.54) is 17.0 Å². The predicted octanol–water partition coefficient (Wildman–Crippen LogP) is 4.24. The van der Waals surface area contributed by atoms with E-state index < -0.39 is 0 Å². The van der Waals surface area contributed by atoms with E-state index in [2.05, 4.69) is 20.2 Å². The third-order valence-corrected chi connectivity index (χ3v) is 5.76. The fourth-order valence-electron chi connectivity index (χ4n) is 3.66. The van der Waals surface area contributed by atoms with Crippen molar-refractivity contribution in [2.75, 3.05) is 32.1 Å². The van der Waals surface area contributed by atoms with Crippen molar-refractivity contribution in [3.8, 4) is 22.5 Å². The van der Waals surface area contributed by atoms with Gasteiger partial charge in [0.25, 0.3) is 0 Å². The summed E-state index contributed by atoms with van der Waals surface area (Å²) >= 11 is 6.43. The Labute approximate surface area is 191 Å². The maximum atomic E-state index is 13.5. The third kappa shape index (κ3) is 4.80. The minimum atomic E-state index is -0.314. The first-order valence-electron chi connectivity index (χ1n) is 10.4. The molecular formula is C23H24ClFN6O. The maximum absolute atomic E-state index is 13.5. The van der Waals surface area contributed by atoms with Crippen molar-refractivity contribution in [1.29, 1.82) is 0 Å². The number of anilines is 1. The van der Waals surface area contributed by atoms with Gasteiger partial charge in [-0.2, -0.15) is 0 Å². The molecule has 9 heteroatoms. The number of carbonyl (C=O) groups is 1. The number of piperidine rings is 1. The molecule has 1 saturated heterocycles. The molecule has 3 heterocycles. The molecule has 1 N–H and O–H groups in total. The zero-order valence-corrected chi connectivity index (χ0v) is 18.7. The van der Waals surface area contributed by atoms with Gasteiger partial charge in [-0.1, -0.05) is 11.6 Å². The molecule has 0 atom stereocenters. The number of rotatable bonds is 4. The summed E-state index contributed by atoms with van der Waals surface area (Å²) in [6, 6.07) is 7.99. The molecular weight excluding hydrogens is 431 g/mol. The number of hydrogen-bond donors (Lipinski definition) is 1. The fraction of sp³-hybridized carbons (Fsp3) is 0.304. The standard InChI is InChI=1S/C23H24ClFN6O/c1-30(2)23(32)28-17-8-11-31(12-9-17)20-14-27-21(15-3-5-16(25)6-4-15)22(29-20)18-7-10-26-13-19(18)24/h3-7,10,13-14,17H,8-9,11-12H2,1-2H3,(H,28,32). The quantitative estimate of drug-likeness (QED) is 0.638. The fourth-order valence-corrected chi connectivity index (χ4v) is 3.87. The minimum Gasteiger partial charge on any atom is -0.355 e.